The Hall–Kier alpha value is -2.57. The first-order valence-electron chi connectivity index (χ1n) is 12.0. The number of halogens is 1. The van der Waals surface area contributed by atoms with Crippen molar-refractivity contribution in [3.63, 3.8) is 0 Å². The number of nitrogens with zero attached hydrogens (tertiary/aromatic N) is 1. The SMILES string of the molecule is CCC(C)NC(=O)C(Cc1ccccc1)N(Cc1ccc(Br)cc1)C(=O)CSCc1ccccc1. The Labute approximate surface area is 221 Å². The first-order valence-corrected chi connectivity index (χ1v) is 13.9. The molecule has 35 heavy (non-hydrogen) atoms. The van der Waals surface area contributed by atoms with E-state index in [2.05, 4.69) is 33.4 Å². The number of hydrogen-bond donors (Lipinski definition) is 1. The van der Waals surface area contributed by atoms with E-state index in [1.807, 2.05) is 86.6 Å². The van der Waals surface area contributed by atoms with Crippen molar-refractivity contribution in [3.05, 3.63) is 106 Å². The Bertz CT molecular complexity index is 1060. The Morgan fingerprint density at radius 2 is 1.49 bits per heavy atom. The molecule has 3 aromatic rings. The summed E-state index contributed by atoms with van der Waals surface area (Å²) in [4.78, 5) is 28.9. The van der Waals surface area contributed by atoms with Crippen LogP contribution >= 0.6 is 27.7 Å². The molecule has 0 aliphatic rings. The quantitative estimate of drug-likeness (QED) is 0.289. The van der Waals surface area contributed by atoms with Crippen molar-refractivity contribution < 1.29 is 9.59 Å². The fourth-order valence-corrected chi connectivity index (χ4v) is 4.83. The molecule has 0 aliphatic heterocycles. The molecule has 6 heteroatoms. The lowest BCUT2D eigenvalue weighted by Gasteiger charge is -2.32. The van der Waals surface area contributed by atoms with E-state index in [0.717, 1.165) is 27.8 Å². The van der Waals surface area contributed by atoms with E-state index in [0.29, 0.717) is 18.7 Å². The number of hydrogen-bond acceptors (Lipinski definition) is 3. The van der Waals surface area contributed by atoms with Gasteiger partial charge in [0.1, 0.15) is 6.04 Å². The number of carbonyl (C=O) groups is 2. The van der Waals surface area contributed by atoms with Crippen molar-refractivity contribution in [2.24, 2.45) is 0 Å². The van der Waals surface area contributed by atoms with Gasteiger partial charge in [-0.25, -0.2) is 0 Å². The van der Waals surface area contributed by atoms with Crippen LogP contribution in [0.5, 0.6) is 0 Å². The smallest absolute Gasteiger partial charge is 0.243 e. The van der Waals surface area contributed by atoms with Gasteiger partial charge < -0.3 is 10.2 Å². The Balaban J connectivity index is 1.85. The predicted octanol–water partition coefficient (Wildman–Crippen LogP) is 6.24. The highest BCUT2D eigenvalue weighted by Crippen LogP contribution is 2.20. The van der Waals surface area contributed by atoms with Crippen LogP contribution in [0.1, 0.15) is 37.0 Å². The molecule has 0 aliphatic carbocycles. The second-order valence-corrected chi connectivity index (χ2v) is 10.6. The lowest BCUT2D eigenvalue weighted by atomic mass is 10.0. The molecule has 0 heterocycles. The minimum atomic E-state index is -0.597. The van der Waals surface area contributed by atoms with Crippen LogP contribution < -0.4 is 5.32 Å². The molecule has 0 bridgehead atoms. The second kappa shape index (κ2) is 14.1. The Morgan fingerprint density at radius 3 is 2.09 bits per heavy atom. The van der Waals surface area contributed by atoms with Gasteiger partial charge in [-0.1, -0.05) is 95.7 Å². The third kappa shape index (κ3) is 8.86. The normalized spacial score (nSPS) is 12.5. The van der Waals surface area contributed by atoms with Crippen LogP contribution in [0.15, 0.2) is 89.4 Å². The summed E-state index contributed by atoms with van der Waals surface area (Å²) in [5.74, 6) is 0.921. The van der Waals surface area contributed by atoms with Gasteiger partial charge in [0.2, 0.25) is 11.8 Å². The molecule has 2 atom stereocenters. The van der Waals surface area contributed by atoms with Crippen LogP contribution in [0, 0.1) is 0 Å². The predicted molar refractivity (Wildman–Crippen MR) is 149 cm³/mol. The van der Waals surface area contributed by atoms with Gasteiger partial charge in [-0.15, -0.1) is 11.8 Å². The van der Waals surface area contributed by atoms with E-state index in [-0.39, 0.29) is 17.9 Å². The van der Waals surface area contributed by atoms with Crippen molar-refractivity contribution in [2.75, 3.05) is 5.75 Å². The first kappa shape index (κ1) is 27.0. The zero-order valence-corrected chi connectivity index (χ0v) is 22.7. The summed E-state index contributed by atoms with van der Waals surface area (Å²) in [7, 11) is 0. The van der Waals surface area contributed by atoms with E-state index in [4.69, 9.17) is 0 Å². The maximum atomic E-state index is 13.6. The summed E-state index contributed by atoms with van der Waals surface area (Å²) in [6, 6.07) is 27.4. The van der Waals surface area contributed by atoms with Crippen molar-refractivity contribution in [1.29, 1.82) is 0 Å². The lowest BCUT2D eigenvalue weighted by molar-refractivity contribution is -0.139. The second-order valence-electron chi connectivity index (χ2n) is 8.65. The molecular weight excluding hydrogens is 520 g/mol. The summed E-state index contributed by atoms with van der Waals surface area (Å²) in [5, 5.41) is 3.11. The van der Waals surface area contributed by atoms with Gasteiger partial charge in [0.15, 0.2) is 0 Å². The summed E-state index contributed by atoms with van der Waals surface area (Å²) >= 11 is 5.06. The van der Waals surface area contributed by atoms with Gasteiger partial charge in [0.25, 0.3) is 0 Å². The van der Waals surface area contributed by atoms with Crippen LogP contribution in [0.2, 0.25) is 0 Å². The molecule has 0 fully saturated rings. The average molecular weight is 554 g/mol. The molecule has 4 nitrogen and oxygen atoms in total. The van der Waals surface area contributed by atoms with Gasteiger partial charge in [0.05, 0.1) is 5.75 Å². The summed E-state index contributed by atoms with van der Waals surface area (Å²) in [6.45, 7) is 4.42. The maximum absolute atomic E-state index is 13.6. The van der Waals surface area contributed by atoms with E-state index >= 15 is 0 Å². The van der Waals surface area contributed by atoms with Crippen LogP contribution in [-0.4, -0.2) is 34.6 Å². The number of thioether (sulfide) groups is 1. The fourth-order valence-electron chi connectivity index (χ4n) is 3.69. The fraction of sp³-hybridized carbons (Fsp3) is 0.310. The lowest BCUT2D eigenvalue weighted by Crippen LogP contribution is -2.52. The first-order chi connectivity index (χ1) is 17.0. The van der Waals surface area contributed by atoms with Crippen LogP contribution in [0.4, 0.5) is 0 Å². The van der Waals surface area contributed by atoms with E-state index in [1.165, 1.54) is 5.56 Å². The molecule has 3 aromatic carbocycles. The van der Waals surface area contributed by atoms with E-state index < -0.39 is 6.04 Å². The van der Waals surface area contributed by atoms with Crippen LogP contribution in [-0.2, 0) is 28.3 Å². The van der Waals surface area contributed by atoms with Gasteiger partial charge in [-0.2, -0.15) is 0 Å². The van der Waals surface area contributed by atoms with Crippen molar-refractivity contribution in [3.8, 4) is 0 Å². The number of amides is 2. The molecule has 2 unspecified atom stereocenters. The summed E-state index contributed by atoms with van der Waals surface area (Å²) in [6.07, 6.45) is 1.30. The molecule has 0 aromatic heterocycles. The monoisotopic (exact) mass is 552 g/mol. The minimum absolute atomic E-state index is 0.0333. The number of rotatable bonds is 12. The molecule has 2 amide bonds. The van der Waals surface area contributed by atoms with E-state index in [9.17, 15) is 9.59 Å². The zero-order chi connectivity index (χ0) is 25.0. The van der Waals surface area contributed by atoms with Crippen LogP contribution in [0.25, 0.3) is 0 Å². The molecule has 0 spiro atoms. The van der Waals surface area contributed by atoms with E-state index in [1.54, 1.807) is 16.7 Å². The highest BCUT2D eigenvalue weighted by atomic mass is 79.9. The summed E-state index contributed by atoms with van der Waals surface area (Å²) in [5.41, 5.74) is 3.20. The summed E-state index contributed by atoms with van der Waals surface area (Å²) < 4.78 is 0.980. The molecule has 0 saturated heterocycles. The average Bonchev–Trinajstić information content (AvgIpc) is 2.88. The molecule has 3 rings (SSSR count). The standard InChI is InChI=1S/C29H33BrN2O2S/c1-3-22(2)31-29(34)27(18-23-10-6-4-7-11-23)32(19-24-14-16-26(30)17-15-24)28(33)21-35-20-25-12-8-5-9-13-25/h4-17,22,27H,3,18-21H2,1-2H3,(H,31,34). The molecule has 184 valence electrons. The molecular formula is C29H33BrN2O2S. The number of benzene rings is 3. The van der Waals surface area contributed by atoms with Crippen LogP contribution in [0.3, 0.4) is 0 Å². The minimum Gasteiger partial charge on any atom is -0.352 e. The van der Waals surface area contributed by atoms with Crippen molar-refractivity contribution >= 4 is 39.5 Å². The van der Waals surface area contributed by atoms with Gasteiger partial charge >= 0.3 is 0 Å². The Kier molecular flexibility index (Phi) is 10.9. The molecule has 0 radical (unpaired) electrons. The Morgan fingerprint density at radius 1 is 0.886 bits per heavy atom. The highest BCUT2D eigenvalue weighted by molar-refractivity contribution is 9.10. The zero-order valence-electron chi connectivity index (χ0n) is 20.3. The topological polar surface area (TPSA) is 49.4 Å². The van der Waals surface area contributed by atoms with Gasteiger partial charge in [-0.3, -0.25) is 9.59 Å². The van der Waals surface area contributed by atoms with Crippen molar-refractivity contribution in [2.45, 2.75) is 51.1 Å². The largest absolute Gasteiger partial charge is 0.352 e. The number of nitrogens with one attached hydrogen (secondary N) is 1. The number of carbonyl (C=O) groups excluding carboxylic acids is 2. The maximum Gasteiger partial charge on any atom is 0.243 e. The van der Waals surface area contributed by atoms with Gasteiger partial charge in [0, 0.05) is 29.2 Å². The third-order valence-electron chi connectivity index (χ3n) is 5.88. The highest BCUT2D eigenvalue weighted by Gasteiger charge is 2.30. The molecule has 1 N–H and O–H groups in total. The molecule has 0 saturated carbocycles. The van der Waals surface area contributed by atoms with Gasteiger partial charge in [-0.05, 0) is 42.2 Å². The third-order valence-corrected chi connectivity index (χ3v) is 7.39. The van der Waals surface area contributed by atoms with Crippen molar-refractivity contribution in [1.82, 2.24) is 10.2 Å².